The third-order valence-electron chi connectivity index (χ3n) is 4.00. The average molecular weight is 454 g/mol. The van der Waals surface area contributed by atoms with Gasteiger partial charge in [0.05, 0.1) is 11.8 Å². The zero-order chi connectivity index (χ0) is 23.1. The van der Waals surface area contributed by atoms with Crippen LogP contribution in [0, 0.1) is 5.82 Å². The van der Waals surface area contributed by atoms with Crippen molar-refractivity contribution in [3.63, 3.8) is 0 Å². The van der Waals surface area contributed by atoms with Crippen molar-refractivity contribution in [1.82, 2.24) is 9.97 Å². The first-order valence-electron chi connectivity index (χ1n) is 9.77. The molecule has 0 radical (unpaired) electrons. The van der Waals surface area contributed by atoms with E-state index in [4.69, 9.17) is 4.74 Å². The number of ether oxygens (including phenoxy) is 1. The van der Waals surface area contributed by atoms with Crippen molar-refractivity contribution in [3.8, 4) is 5.75 Å². The van der Waals surface area contributed by atoms with E-state index in [1.165, 1.54) is 0 Å². The highest BCUT2D eigenvalue weighted by atomic mass is 19.1. The summed E-state index contributed by atoms with van der Waals surface area (Å²) in [5, 5.41) is 18.3. The molecule has 9 heteroatoms. The van der Waals surface area contributed by atoms with Crippen molar-refractivity contribution in [3.05, 3.63) is 73.2 Å². The van der Waals surface area contributed by atoms with Gasteiger partial charge in [-0.2, -0.15) is 4.98 Å². The third-order valence-corrected chi connectivity index (χ3v) is 4.00. The van der Waals surface area contributed by atoms with Gasteiger partial charge in [0.15, 0.2) is 11.6 Å². The third kappa shape index (κ3) is 7.89. The second-order valence-corrected chi connectivity index (χ2v) is 7.54. The predicted octanol–water partition coefficient (Wildman–Crippen LogP) is 5.01. The van der Waals surface area contributed by atoms with Crippen molar-refractivity contribution in [1.29, 1.82) is 0 Å². The van der Waals surface area contributed by atoms with Gasteiger partial charge < -0.3 is 25.8 Å². The molecule has 1 heterocycles. The Morgan fingerprint density at radius 3 is 2.52 bits per heavy atom. The minimum absolute atomic E-state index is 0. The van der Waals surface area contributed by atoms with E-state index in [2.05, 4.69) is 32.5 Å². The normalized spacial score (nSPS) is 10.5. The maximum Gasteiger partial charge on any atom is 0.247 e. The van der Waals surface area contributed by atoms with E-state index in [1.54, 1.807) is 62.4 Å². The molecule has 1 aromatic heterocycles. The number of nitrogens with one attached hydrogen (secondary N) is 3. The van der Waals surface area contributed by atoms with E-state index in [-0.39, 0.29) is 31.7 Å². The second kappa shape index (κ2) is 11.1. The molecule has 3 rings (SSSR count). The summed E-state index contributed by atoms with van der Waals surface area (Å²) in [4.78, 5) is 19.6. The minimum Gasteiger partial charge on any atom is -0.491 e. The summed E-state index contributed by atoms with van der Waals surface area (Å²) in [6, 6.07) is 13.8. The van der Waals surface area contributed by atoms with Gasteiger partial charge >= 0.3 is 0 Å². The van der Waals surface area contributed by atoms with Gasteiger partial charge in [0.1, 0.15) is 12.4 Å². The number of nitrogens with zero attached hydrogens (tertiary/aromatic N) is 2. The number of aromatic nitrogens is 2. The number of halogens is 1. The number of carbonyl (C=O) groups is 1. The first-order valence-corrected chi connectivity index (χ1v) is 9.77. The van der Waals surface area contributed by atoms with Gasteiger partial charge in [0.25, 0.3) is 0 Å². The van der Waals surface area contributed by atoms with Gasteiger partial charge in [-0.15, -0.1) is 0 Å². The molecular weight excluding hydrogens is 425 g/mol. The van der Waals surface area contributed by atoms with Crippen molar-refractivity contribution in [2.45, 2.75) is 26.9 Å². The van der Waals surface area contributed by atoms with Crippen LogP contribution in [0.15, 0.2) is 67.4 Å². The summed E-state index contributed by atoms with van der Waals surface area (Å²) in [6.45, 7) is 6.84. The Balaban J connectivity index is 0.00000385. The highest BCUT2D eigenvalue weighted by molar-refractivity contribution is 5.99. The van der Waals surface area contributed by atoms with Crippen LogP contribution in [0.3, 0.4) is 0 Å². The lowest BCUT2D eigenvalue weighted by Gasteiger charge is -2.18. The lowest BCUT2D eigenvalue weighted by atomic mass is 10.2. The first kappa shape index (κ1) is 25.3. The number of carbonyl (C=O) groups excluding carboxylic acids is 1. The van der Waals surface area contributed by atoms with E-state index in [9.17, 15) is 14.3 Å². The summed E-state index contributed by atoms with van der Waals surface area (Å²) in [7, 11) is 0. The molecule has 174 valence electrons. The highest BCUT2D eigenvalue weighted by Crippen LogP contribution is 2.24. The Morgan fingerprint density at radius 2 is 1.82 bits per heavy atom. The first-order chi connectivity index (χ1) is 15.2. The molecule has 0 aliphatic rings. The number of hydrogen-bond acceptors (Lipinski definition) is 7. The molecular formula is C24H28FN5O3. The number of rotatable bonds is 9. The standard InChI is InChI=1S/C23H24FN5O3.CH4/c1-4-20(30)26-15-7-5-8-16(11-15)27-21-19(24)13-25-22(29-21)28-17-9-6-10-18(12-17)32-14-23(2,3)31;/h4-13,31H,1,14H2,2-3H3,(H,26,30)(H2,25,27,28,29);1H4. The molecule has 0 aliphatic heterocycles. The van der Waals surface area contributed by atoms with E-state index in [1.807, 2.05) is 0 Å². The summed E-state index contributed by atoms with van der Waals surface area (Å²) in [6.07, 6.45) is 2.21. The summed E-state index contributed by atoms with van der Waals surface area (Å²) in [5.41, 5.74) is 0.716. The Bertz CT molecular complexity index is 1120. The Morgan fingerprint density at radius 1 is 1.15 bits per heavy atom. The van der Waals surface area contributed by atoms with Crippen molar-refractivity contribution >= 4 is 34.7 Å². The van der Waals surface area contributed by atoms with Gasteiger partial charge in [0, 0.05) is 23.1 Å². The predicted molar refractivity (Wildman–Crippen MR) is 129 cm³/mol. The van der Waals surface area contributed by atoms with Crippen molar-refractivity contribution in [2.24, 2.45) is 0 Å². The molecule has 0 fully saturated rings. The molecule has 0 atom stereocenters. The fraction of sp³-hybridized carbons (Fsp3) is 0.208. The monoisotopic (exact) mass is 453 g/mol. The molecule has 0 saturated carbocycles. The van der Waals surface area contributed by atoms with Gasteiger partial charge in [-0.3, -0.25) is 4.79 Å². The van der Waals surface area contributed by atoms with Crippen LogP contribution in [-0.2, 0) is 4.79 Å². The van der Waals surface area contributed by atoms with Gasteiger partial charge in [0.2, 0.25) is 11.9 Å². The van der Waals surface area contributed by atoms with Gasteiger partial charge in [-0.05, 0) is 50.3 Å². The highest BCUT2D eigenvalue weighted by Gasteiger charge is 2.14. The smallest absolute Gasteiger partial charge is 0.247 e. The molecule has 0 unspecified atom stereocenters. The molecule has 8 nitrogen and oxygen atoms in total. The Labute approximate surface area is 192 Å². The maximum atomic E-state index is 14.3. The lowest BCUT2D eigenvalue weighted by Crippen LogP contribution is -2.27. The van der Waals surface area contributed by atoms with E-state index in [0.29, 0.717) is 22.8 Å². The van der Waals surface area contributed by atoms with Crippen molar-refractivity contribution in [2.75, 3.05) is 22.6 Å². The molecule has 33 heavy (non-hydrogen) atoms. The molecule has 2 aromatic carbocycles. The molecule has 0 saturated heterocycles. The molecule has 3 aromatic rings. The SMILES string of the molecule is C.C=CC(=O)Nc1cccc(Nc2nc(Nc3cccc(OCC(C)(C)O)c3)ncc2F)c1. The van der Waals surface area contributed by atoms with Crippen LogP contribution < -0.4 is 20.7 Å². The minimum atomic E-state index is -0.962. The average Bonchev–Trinajstić information content (AvgIpc) is 2.75. The molecule has 0 bridgehead atoms. The van der Waals surface area contributed by atoms with Crippen LogP contribution in [0.1, 0.15) is 21.3 Å². The second-order valence-electron chi connectivity index (χ2n) is 7.54. The molecule has 0 spiro atoms. The number of hydrogen-bond donors (Lipinski definition) is 4. The Hall–Kier alpha value is -3.98. The van der Waals surface area contributed by atoms with Crippen LogP contribution in [0.25, 0.3) is 0 Å². The van der Waals surface area contributed by atoms with Crippen molar-refractivity contribution < 1.29 is 19.0 Å². The quantitative estimate of drug-likeness (QED) is 0.337. The van der Waals surface area contributed by atoms with Crippen LogP contribution in [0.5, 0.6) is 5.75 Å². The number of aliphatic hydroxyl groups is 1. The van der Waals surface area contributed by atoms with Gasteiger partial charge in [-0.25, -0.2) is 9.37 Å². The van der Waals surface area contributed by atoms with Crippen LogP contribution in [-0.4, -0.2) is 33.2 Å². The van der Waals surface area contributed by atoms with E-state index < -0.39 is 11.4 Å². The zero-order valence-corrected chi connectivity index (χ0v) is 17.7. The van der Waals surface area contributed by atoms with E-state index >= 15 is 0 Å². The fourth-order valence-corrected chi connectivity index (χ4v) is 2.57. The van der Waals surface area contributed by atoms with Crippen LogP contribution in [0.2, 0.25) is 0 Å². The maximum absolute atomic E-state index is 14.3. The Kier molecular flexibility index (Phi) is 8.47. The topological polar surface area (TPSA) is 108 Å². The fourth-order valence-electron chi connectivity index (χ4n) is 2.57. The van der Waals surface area contributed by atoms with Crippen LogP contribution in [0.4, 0.5) is 33.2 Å². The molecule has 4 N–H and O–H groups in total. The summed E-state index contributed by atoms with van der Waals surface area (Å²) >= 11 is 0. The number of anilines is 5. The summed E-state index contributed by atoms with van der Waals surface area (Å²) in [5.74, 6) is -0.307. The van der Waals surface area contributed by atoms with E-state index in [0.717, 1.165) is 12.3 Å². The molecule has 0 aliphatic carbocycles. The number of amides is 1. The summed E-state index contributed by atoms with van der Waals surface area (Å²) < 4.78 is 19.9. The largest absolute Gasteiger partial charge is 0.491 e. The zero-order valence-electron chi connectivity index (χ0n) is 17.7. The van der Waals surface area contributed by atoms with Crippen LogP contribution >= 0.6 is 0 Å². The van der Waals surface area contributed by atoms with Gasteiger partial charge in [-0.1, -0.05) is 26.1 Å². The molecule has 1 amide bonds. The number of benzene rings is 2. The lowest BCUT2D eigenvalue weighted by molar-refractivity contribution is -0.111.